The molecule has 1 aliphatic carbocycles. The molecule has 0 unspecified atom stereocenters. The Bertz CT molecular complexity index is 1130. The number of amides is 2. The van der Waals surface area contributed by atoms with E-state index in [1.807, 2.05) is 5.32 Å². The van der Waals surface area contributed by atoms with Crippen LogP contribution in [0.5, 0.6) is 0 Å². The summed E-state index contributed by atoms with van der Waals surface area (Å²) >= 11 is 0. The van der Waals surface area contributed by atoms with Crippen LogP contribution in [-0.4, -0.2) is 28.6 Å². The molecule has 0 spiro atoms. The highest BCUT2D eigenvalue weighted by Crippen LogP contribution is 2.45. The SMILES string of the molecule is O=C1Nc2cc(Cn3ncc4c3CCOC4)c(F)cc2[C@@](C#CC2CC2)(C(F)(F)F)N1. The average Bonchev–Trinajstić information content (AvgIpc) is 3.46. The summed E-state index contributed by atoms with van der Waals surface area (Å²) in [5, 5.41) is 8.51. The number of rotatable bonds is 2. The molecule has 31 heavy (non-hydrogen) atoms. The van der Waals surface area contributed by atoms with Crippen molar-refractivity contribution in [3.05, 3.63) is 46.5 Å². The molecule has 1 fully saturated rings. The standard InChI is InChI=1S/C21H18F4N4O2/c22-16-8-15-17(7-13(16)10-29-18-4-6-31-11-14(18)9-26-29)27-19(30)28-20(15,21(23,24)25)5-3-12-1-2-12/h7-9,12H,1-2,4,6,10-11H2,(H2,27,28,30)/t20-/m0/s1. The monoisotopic (exact) mass is 434 g/mol. The fraction of sp³-hybridized carbons (Fsp3) is 0.429. The third-order valence-corrected chi connectivity index (χ3v) is 5.70. The quantitative estimate of drug-likeness (QED) is 0.562. The van der Waals surface area contributed by atoms with Crippen LogP contribution in [0.4, 0.5) is 28.0 Å². The number of benzene rings is 1. The van der Waals surface area contributed by atoms with E-state index >= 15 is 4.39 Å². The summed E-state index contributed by atoms with van der Waals surface area (Å²) in [6.45, 7) is 0.947. The van der Waals surface area contributed by atoms with Gasteiger partial charge < -0.3 is 15.4 Å². The van der Waals surface area contributed by atoms with Crippen LogP contribution in [-0.2, 0) is 29.8 Å². The van der Waals surface area contributed by atoms with Crippen molar-refractivity contribution < 1.29 is 27.1 Å². The average molecular weight is 434 g/mol. The predicted molar refractivity (Wildman–Crippen MR) is 101 cm³/mol. The van der Waals surface area contributed by atoms with Crippen LogP contribution >= 0.6 is 0 Å². The molecule has 162 valence electrons. The smallest absolute Gasteiger partial charge is 0.376 e. The fourth-order valence-corrected chi connectivity index (χ4v) is 3.88. The first-order valence-corrected chi connectivity index (χ1v) is 9.89. The minimum atomic E-state index is -4.93. The first-order valence-electron chi connectivity index (χ1n) is 9.89. The van der Waals surface area contributed by atoms with Gasteiger partial charge in [-0.1, -0.05) is 11.8 Å². The molecule has 1 saturated carbocycles. The van der Waals surface area contributed by atoms with Crippen LogP contribution < -0.4 is 10.6 Å². The number of hydrogen-bond donors (Lipinski definition) is 2. The molecule has 1 atom stereocenters. The van der Waals surface area contributed by atoms with Gasteiger partial charge in [-0.05, 0) is 25.0 Å². The summed E-state index contributed by atoms with van der Waals surface area (Å²) in [5.74, 6) is 3.84. The molecule has 10 heteroatoms. The van der Waals surface area contributed by atoms with Gasteiger partial charge in [0.1, 0.15) is 5.82 Å². The number of halogens is 4. The van der Waals surface area contributed by atoms with Crippen molar-refractivity contribution in [3.63, 3.8) is 0 Å². The summed E-state index contributed by atoms with van der Waals surface area (Å²) in [6, 6.07) is 1.00. The lowest BCUT2D eigenvalue weighted by Gasteiger charge is -2.37. The second kappa shape index (κ2) is 6.99. The van der Waals surface area contributed by atoms with Crippen molar-refractivity contribution in [3.8, 4) is 11.8 Å². The van der Waals surface area contributed by atoms with Crippen LogP contribution in [0.1, 0.15) is 35.2 Å². The maximum absolute atomic E-state index is 15.0. The van der Waals surface area contributed by atoms with E-state index in [0.717, 1.165) is 17.3 Å². The minimum absolute atomic E-state index is 0.0184. The van der Waals surface area contributed by atoms with Crippen LogP contribution in [0, 0.1) is 23.6 Å². The number of urea groups is 1. The lowest BCUT2D eigenvalue weighted by atomic mass is 9.85. The first kappa shape index (κ1) is 19.9. The zero-order valence-electron chi connectivity index (χ0n) is 16.3. The highest BCUT2D eigenvalue weighted by molar-refractivity contribution is 5.95. The van der Waals surface area contributed by atoms with Crippen molar-refractivity contribution in [2.75, 3.05) is 11.9 Å². The number of carbonyl (C=O) groups is 1. The molecule has 2 aromatic rings. The Morgan fingerprint density at radius 1 is 1.32 bits per heavy atom. The second-order valence-corrected chi connectivity index (χ2v) is 7.94. The van der Waals surface area contributed by atoms with E-state index in [9.17, 15) is 18.0 Å². The first-order chi connectivity index (χ1) is 14.8. The van der Waals surface area contributed by atoms with Gasteiger partial charge >= 0.3 is 12.2 Å². The highest BCUT2D eigenvalue weighted by Gasteiger charge is 2.59. The van der Waals surface area contributed by atoms with Gasteiger partial charge in [0.05, 0.1) is 26.0 Å². The number of nitrogens with zero attached hydrogens (tertiary/aromatic N) is 2. The lowest BCUT2D eigenvalue weighted by molar-refractivity contribution is -0.178. The summed E-state index contributed by atoms with van der Waals surface area (Å²) in [6.07, 6.45) is -1.26. The van der Waals surface area contributed by atoms with Crippen molar-refractivity contribution >= 4 is 11.7 Å². The van der Waals surface area contributed by atoms with Gasteiger partial charge in [-0.3, -0.25) is 4.68 Å². The van der Waals surface area contributed by atoms with Gasteiger partial charge in [-0.25, -0.2) is 9.18 Å². The fourth-order valence-electron chi connectivity index (χ4n) is 3.88. The number of fused-ring (bicyclic) bond motifs is 2. The van der Waals surface area contributed by atoms with Crippen molar-refractivity contribution in [1.29, 1.82) is 0 Å². The Kier molecular flexibility index (Phi) is 4.48. The van der Waals surface area contributed by atoms with Crippen molar-refractivity contribution in [2.24, 2.45) is 5.92 Å². The molecule has 1 aromatic heterocycles. The predicted octanol–water partition coefficient (Wildman–Crippen LogP) is 3.45. The van der Waals surface area contributed by atoms with Crippen molar-refractivity contribution in [2.45, 2.75) is 44.1 Å². The molecule has 2 N–H and O–H groups in total. The normalized spacial score (nSPS) is 22.5. The molecule has 2 amide bonds. The van der Waals surface area contributed by atoms with Gasteiger partial charge in [0.2, 0.25) is 5.54 Å². The summed E-state index contributed by atoms with van der Waals surface area (Å²) in [4.78, 5) is 12.1. The van der Waals surface area contributed by atoms with Gasteiger partial charge in [0, 0.05) is 40.4 Å². The summed E-state index contributed by atoms with van der Waals surface area (Å²) in [5.41, 5.74) is -1.63. The number of alkyl halides is 3. The Labute approximate surface area is 174 Å². The number of aromatic nitrogens is 2. The van der Waals surface area contributed by atoms with E-state index in [1.165, 1.54) is 6.07 Å². The van der Waals surface area contributed by atoms with E-state index in [-0.39, 0.29) is 23.7 Å². The Morgan fingerprint density at radius 3 is 2.87 bits per heavy atom. The maximum Gasteiger partial charge on any atom is 0.427 e. The molecule has 3 aliphatic rings. The Balaban J connectivity index is 1.58. The third-order valence-electron chi connectivity index (χ3n) is 5.70. The maximum atomic E-state index is 15.0. The third kappa shape index (κ3) is 3.43. The second-order valence-electron chi connectivity index (χ2n) is 7.94. The molecular formula is C21H18F4N4O2. The van der Waals surface area contributed by atoms with Gasteiger partial charge in [-0.2, -0.15) is 18.3 Å². The van der Waals surface area contributed by atoms with Crippen molar-refractivity contribution in [1.82, 2.24) is 15.1 Å². The molecule has 0 radical (unpaired) electrons. The molecule has 5 rings (SSSR count). The zero-order valence-corrected chi connectivity index (χ0v) is 16.3. The van der Waals surface area contributed by atoms with Gasteiger partial charge in [0.15, 0.2) is 0 Å². The topological polar surface area (TPSA) is 68.2 Å². The van der Waals surface area contributed by atoms with Gasteiger partial charge in [0.25, 0.3) is 0 Å². The minimum Gasteiger partial charge on any atom is -0.376 e. The van der Waals surface area contributed by atoms with E-state index in [2.05, 4.69) is 22.3 Å². The van der Waals surface area contributed by atoms with Crippen LogP contribution in [0.2, 0.25) is 0 Å². The summed E-state index contributed by atoms with van der Waals surface area (Å²) < 4.78 is 64.4. The highest BCUT2D eigenvalue weighted by atomic mass is 19.4. The van der Waals surface area contributed by atoms with E-state index in [0.29, 0.717) is 32.5 Å². The number of anilines is 1. The number of nitrogens with one attached hydrogen (secondary N) is 2. The number of hydrogen-bond acceptors (Lipinski definition) is 3. The zero-order chi connectivity index (χ0) is 21.8. The molecular weight excluding hydrogens is 416 g/mol. The van der Waals surface area contributed by atoms with Crippen LogP contribution in [0.3, 0.4) is 0 Å². The molecule has 0 saturated heterocycles. The Hall–Kier alpha value is -3.06. The molecule has 2 aliphatic heterocycles. The molecule has 1 aromatic carbocycles. The van der Waals surface area contributed by atoms with Crippen LogP contribution in [0.15, 0.2) is 18.3 Å². The molecule has 0 bridgehead atoms. The largest absolute Gasteiger partial charge is 0.427 e. The van der Waals surface area contributed by atoms with E-state index < -0.39 is 29.1 Å². The summed E-state index contributed by atoms with van der Waals surface area (Å²) in [7, 11) is 0. The van der Waals surface area contributed by atoms with Crippen LogP contribution in [0.25, 0.3) is 0 Å². The molecule has 6 nitrogen and oxygen atoms in total. The van der Waals surface area contributed by atoms with E-state index in [1.54, 1.807) is 10.9 Å². The molecule has 3 heterocycles. The lowest BCUT2D eigenvalue weighted by Crippen LogP contribution is -2.59. The van der Waals surface area contributed by atoms with Gasteiger partial charge in [-0.15, -0.1) is 0 Å². The van der Waals surface area contributed by atoms with E-state index in [4.69, 9.17) is 4.74 Å². The number of carbonyl (C=O) groups excluding carboxylic acids is 1. The Morgan fingerprint density at radius 2 is 2.13 bits per heavy atom. The number of ether oxygens (including phenoxy) is 1.